The molecule has 0 N–H and O–H groups in total. The van der Waals surface area contributed by atoms with Crippen LogP contribution in [0.25, 0.3) is 10.1 Å². The summed E-state index contributed by atoms with van der Waals surface area (Å²) in [5.74, 6) is -1.41. The molecule has 140 valence electrons. The Morgan fingerprint density at radius 1 is 1.15 bits per heavy atom. The predicted octanol–water partition coefficient (Wildman–Crippen LogP) is 5.52. The van der Waals surface area contributed by atoms with Gasteiger partial charge in [0.05, 0.1) is 5.02 Å². The van der Waals surface area contributed by atoms with Gasteiger partial charge < -0.3 is 9.64 Å². The molecule has 1 saturated heterocycles. The summed E-state index contributed by atoms with van der Waals surface area (Å²) in [5.41, 5.74) is 0. The van der Waals surface area contributed by atoms with E-state index in [-0.39, 0.29) is 17.8 Å². The number of likely N-dealkylation sites (tertiary alicyclic amines) is 1. The van der Waals surface area contributed by atoms with Crippen LogP contribution in [0.1, 0.15) is 22.5 Å². The molecule has 7 heteroatoms. The molecule has 3 nitrogen and oxygen atoms in total. The molecule has 3 aromatic rings. The van der Waals surface area contributed by atoms with Gasteiger partial charge in [0.15, 0.2) is 11.6 Å². The van der Waals surface area contributed by atoms with Gasteiger partial charge in [0.25, 0.3) is 5.91 Å². The Hall–Kier alpha value is -2.18. The van der Waals surface area contributed by atoms with E-state index in [1.807, 2.05) is 24.3 Å². The topological polar surface area (TPSA) is 29.5 Å². The van der Waals surface area contributed by atoms with E-state index in [9.17, 15) is 13.6 Å². The Labute approximate surface area is 164 Å². The number of halogens is 3. The van der Waals surface area contributed by atoms with E-state index in [1.54, 1.807) is 4.90 Å². The molecule has 0 aliphatic carbocycles. The SMILES string of the molecule is O=C(c1sc2ccccc2c1Cl)N1CCC(Oc2ccc(F)cc2F)CC1. The van der Waals surface area contributed by atoms with Crippen molar-refractivity contribution >= 4 is 38.9 Å². The van der Waals surface area contributed by atoms with Crippen LogP contribution in [-0.4, -0.2) is 30.0 Å². The van der Waals surface area contributed by atoms with Crippen molar-refractivity contribution in [3.8, 4) is 5.75 Å². The second-order valence-corrected chi connectivity index (χ2v) is 7.86. The number of carbonyl (C=O) groups excluding carboxylic acids is 1. The zero-order valence-electron chi connectivity index (χ0n) is 14.3. The highest BCUT2D eigenvalue weighted by molar-refractivity contribution is 7.21. The molecule has 27 heavy (non-hydrogen) atoms. The van der Waals surface area contributed by atoms with Gasteiger partial charge in [-0.05, 0) is 18.2 Å². The maximum Gasteiger partial charge on any atom is 0.265 e. The minimum Gasteiger partial charge on any atom is -0.487 e. The number of hydrogen-bond acceptors (Lipinski definition) is 3. The van der Waals surface area contributed by atoms with E-state index in [2.05, 4.69) is 0 Å². The van der Waals surface area contributed by atoms with Crippen LogP contribution in [0.2, 0.25) is 5.02 Å². The number of carbonyl (C=O) groups is 1. The number of thiophene rings is 1. The van der Waals surface area contributed by atoms with Crippen molar-refractivity contribution in [2.75, 3.05) is 13.1 Å². The van der Waals surface area contributed by atoms with Crippen LogP contribution in [0.15, 0.2) is 42.5 Å². The smallest absolute Gasteiger partial charge is 0.265 e. The van der Waals surface area contributed by atoms with E-state index in [0.29, 0.717) is 35.8 Å². The van der Waals surface area contributed by atoms with E-state index >= 15 is 0 Å². The molecular formula is C20H16ClF2NO2S. The Morgan fingerprint density at radius 2 is 1.89 bits per heavy atom. The van der Waals surface area contributed by atoms with Crippen LogP contribution in [0.4, 0.5) is 8.78 Å². The van der Waals surface area contributed by atoms with Crippen LogP contribution < -0.4 is 4.74 Å². The quantitative estimate of drug-likeness (QED) is 0.572. The molecule has 0 bridgehead atoms. The lowest BCUT2D eigenvalue weighted by Gasteiger charge is -2.32. The van der Waals surface area contributed by atoms with Crippen LogP contribution in [-0.2, 0) is 0 Å². The molecule has 4 rings (SSSR count). The molecule has 0 saturated carbocycles. The third-order valence-electron chi connectivity index (χ3n) is 4.65. The molecule has 1 aliphatic heterocycles. The molecule has 1 aromatic heterocycles. The summed E-state index contributed by atoms with van der Waals surface area (Å²) in [6.07, 6.45) is 0.933. The van der Waals surface area contributed by atoms with Gasteiger partial charge in [-0.3, -0.25) is 4.79 Å². The first kappa shape index (κ1) is 18.2. The highest BCUT2D eigenvalue weighted by atomic mass is 35.5. The number of piperidine rings is 1. The third-order valence-corrected chi connectivity index (χ3v) is 6.31. The Kier molecular flexibility index (Phi) is 5.02. The predicted molar refractivity (Wildman–Crippen MR) is 103 cm³/mol. The van der Waals surface area contributed by atoms with Gasteiger partial charge in [-0.2, -0.15) is 0 Å². The Balaban J connectivity index is 1.42. The number of nitrogens with zero attached hydrogens (tertiary/aromatic N) is 1. The van der Waals surface area contributed by atoms with Crippen LogP contribution in [0.5, 0.6) is 5.75 Å². The number of benzene rings is 2. The van der Waals surface area contributed by atoms with Crippen molar-refractivity contribution in [3.63, 3.8) is 0 Å². The molecule has 0 spiro atoms. The minimum atomic E-state index is -0.717. The van der Waals surface area contributed by atoms with Crippen molar-refractivity contribution in [1.82, 2.24) is 4.90 Å². The summed E-state index contributed by atoms with van der Waals surface area (Å²) in [7, 11) is 0. The number of fused-ring (bicyclic) bond motifs is 1. The maximum absolute atomic E-state index is 13.7. The monoisotopic (exact) mass is 407 g/mol. The fourth-order valence-corrected chi connectivity index (χ4v) is 4.70. The summed E-state index contributed by atoms with van der Waals surface area (Å²) in [6.45, 7) is 0.994. The average Bonchev–Trinajstić information content (AvgIpc) is 3.01. The number of amides is 1. The molecule has 0 atom stereocenters. The summed E-state index contributed by atoms with van der Waals surface area (Å²) in [5, 5.41) is 1.38. The average molecular weight is 408 g/mol. The molecule has 0 unspecified atom stereocenters. The fraction of sp³-hybridized carbons (Fsp3) is 0.250. The fourth-order valence-electron chi connectivity index (χ4n) is 3.22. The Morgan fingerprint density at radius 3 is 2.59 bits per heavy atom. The maximum atomic E-state index is 13.7. The molecule has 1 aliphatic rings. The van der Waals surface area contributed by atoms with Gasteiger partial charge in [0.1, 0.15) is 16.8 Å². The number of rotatable bonds is 3. The van der Waals surface area contributed by atoms with Crippen LogP contribution >= 0.6 is 22.9 Å². The summed E-state index contributed by atoms with van der Waals surface area (Å²) in [6, 6.07) is 10.9. The lowest BCUT2D eigenvalue weighted by Crippen LogP contribution is -2.41. The molecular weight excluding hydrogens is 392 g/mol. The third kappa shape index (κ3) is 3.64. The first-order valence-corrected chi connectivity index (χ1v) is 9.80. The second-order valence-electron chi connectivity index (χ2n) is 6.43. The van der Waals surface area contributed by atoms with E-state index in [4.69, 9.17) is 16.3 Å². The highest BCUT2D eigenvalue weighted by Gasteiger charge is 2.28. The molecule has 1 amide bonds. The van der Waals surface area contributed by atoms with Crippen molar-refractivity contribution in [3.05, 3.63) is 64.0 Å². The highest BCUT2D eigenvalue weighted by Crippen LogP contribution is 2.36. The summed E-state index contributed by atoms with van der Waals surface area (Å²) < 4.78 is 33.3. The van der Waals surface area contributed by atoms with Gasteiger partial charge in [-0.25, -0.2) is 8.78 Å². The second kappa shape index (κ2) is 7.44. The van der Waals surface area contributed by atoms with Gasteiger partial charge >= 0.3 is 0 Å². The minimum absolute atomic E-state index is 0.0359. The standard InChI is InChI=1S/C20H16ClF2NO2S/c21-18-14-3-1-2-4-17(14)27-19(18)20(25)24-9-7-13(8-10-24)26-16-6-5-12(22)11-15(16)23/h1-6,11,13H,7-10H2. The first-order valence-electron chi connectivity index (χ1n) is 8.61. The van der Waals surface area contributed by atoms with Gasteiger partial charge in [0.2, 0.25) is 0 Å². The van der Waals surface area contributed by atoms with Crippen molar-refractivity contribution in [2.24, 2.45) is 0 Å². The summed E-state index contributed by atoms with van der Waals surface area (Å²) in [4.78, 5) is 15.1. The molecule has 1 fully saturated rings. The normalized spacial score (nSPS) is 15.3. The zero-order valence-corrected chi connectivity index (χ0v) is 15.8. The van der Waals surface area contributed by atoms with Crippen molar-refractivity contribution < 1.29 is 18.3 Å². The van der Waals surface area contributed by atoms with Gasteiger partial charge in [-0.15, -0.1) is 11.3 Å². The van der Waals surface area contributed by atoms with E-state index in [1.165, 1.54) is 23.5 Å². The zero-order chi connectivity index (χ0) is 19.0. The summed E-state index contributed by atoms with van der Waals surface area (Å²) >= 11 is 7.80. The lowest BCUT2D eigenvalue weighted by molar-refractivity contribution is 0.0593. The lowest BCUT2D eigenvalue weighted by atomic mass is 10.1. The van der Waals surface area contributed by atoms with Crippen molar-refractivity contribution in [1.29, 1.82) is 0 Å². The number of ether oxygens (including phenoxy) is 1. The van der Waals surface area contributed by atoms with Crippen LogP contribution in [0, 0.1) is 11.6 Å². The first-order chi connectivity index (χ1) is 13.0. The van der Waals surface area contributed by atoms with Crippen LogP contribution in [0.3, 0.4) is 0 Å². The largest absolute Gasteiger partial charge is 0.487 e. The Bertz CT molecular complexity index is 999. The molecule has 0 radical (unpaired) electrons. The van der Waals surface area contributed by atoms with Crippen molar-refractivity contribution in [2.45, 2.75) is 18.9 Å². The van der Waals surface area contributed by atoms with E-state index in [0.717, 1.165) is 16.2 Å². The molecule has 2 heterocycles. The van der Waals surface area contributed by atoms with Gasteiger partial charge in [-0.1, -0.05) is 29.8 Å². The molecule has 2 aromatic carbocycles. The van der Waals surface area contributed by atoms with E-state index < -0.39 is 11.6 Å². The van der Waals surface area contributed by atoms with Gasteiger partial charge in [0, 0.05) is 42.1 Å². The number of hydrogen-bond donors (Lipinski definition) is 0.